The fourth-order valence-corrected chi connectivity index (χ4v) is 3.93. The third-order valence-corrected chi connectivity index (χ3v) is 5.07. The third-order valence-electron chi connectivity index (χ3n) is 3.92. The summed E-state index contributed by atoms with van der Waals surface area (Å²) < 4.78 is 5.47. The average molecular weight is 291 g/mol. The Kier molecular flexibility index (Phi) is 3.74. The minimum absolute atomic E-state index is 0.127. The predicted molar refractivity (Wildman–Crippen MR) is 76.6 cm³/mol. The van der Waals surface area contributed by atoms with Gasteiger partial charge in [-0.2, -0.15) is 5.26 Å². The summed E-state index contributed by atoms with van der Waals surface area (Å²) in [6, 6.07) is 2.24. The van der Waals surface area contributed by atoms with Crippen LogP contribution in [0.25, 0.3) is 0 Å². The first-order chi connectivity index (χ1) is 9.70. The molecule has 2 unspecified atom stereocenters. The van der Waals surface area contributed by atoms with E-state index in [1.54, 1.807) is 0 Å². The van der Waals surface area contributed by atoms with Crippen LogP contribution in [0, 0.1) is 17.2 Å². The smallest absolute Gasteiger partial charge is 0.254 e. The summed E-state index contributed by atoms with van der Waals surface area (Å²) in [6.45, 7) is 4.32. The van der Waals surface area contributed by atoms with Gasteiger partial charge in [0.25, 0.3) is 5.91 Å². The molecule has 20 heavy (non-hydrogen) atoms. The molecule has 0 aliphatic carbocycles. The average Bonchev–Trinajstić information content (AvgIpc) is 3.01. The lowest BCUT2D eigenvalue weighted by atomic mass is 10.0. The molecule has 0 spiro atoms. The van der Waals surface area contributed by atoms with Crippen molar-refractivity contribution >= 4 is 22.2 Å². The molecular weight excluding hydrogens is 274 g/mol. The summed E-state index contributed by atoms with van der Waals surface area (Å²) in [5, 5.41) is 16.2. The summed E-state index contributed by atoms with van der Waals surface area (Å²) in [4.78, 5) is 13.4. The second kappa shape index (κ2) is 5.52. The maximum atomic E-state index is 12.3. The number of hydrogen-bond acceptors (Lipinski definition) is 5. The lowest BCUT2D eigenvalue weighted by Gasteiger charge is -2.13. The van der Waals surface area contributed by atoms with E-state index in [1.165, 1.54) is 11.3 Å². The highest BCUT2D eigenvalue weighted by atomic mass is 32.1. The zero-order valence-corrected chi connectivity index (χ0v) is 12.2. The van der Waals surface area contributed by atoms with Crippen LogP contribution in [0.2, 0.25) is 0 Å². The van der Waals surface area contributed by atoms with Crippen LogP contribution >= 0.6 is 11.3 Å². The van der Waals surface area contributed by atoms with E-state index < -0.39 is 6.10 Å². The van der Waals surface area contributed by atoms with Crippen LogP contribution in [0.15, 0.2) is 0 Å². The van der Waals surface area contributed by atoms with Crippen molar-refractivity contribution in [3.63, 3.8) is 0 Å². The van der Waals surface area contributed by atoms with Gasteiger partial charge >= 0.3 is 0 Å². The van der Waals surface area contributed by atoms with Gasteiger partial charge in [0, 0.05) is 18.0 Å². The summed E-state index contributed by atoms with van der Waals surface area (Å²) in [5.74, 6) is 0.106. The number of nitriles is 1. The number of rotatable bonds is 2. The van der Waals surface area contributed by atoms with Crippen molar-refractivity contribution in [1.82, 2.24) is 5.32 Å². The quantitative estimate of drug-likeness (QED) is 0.868. The fraction of sp³-hybridized carbons (Fsp3) is 0.571. The summed E-state index contributed by atoms with van der Waals surface area (Å²) in [6.07, 6.45) is 1.37. The number of fused-ring (bicyclic) bond motifs is 1. The minimum atomic E-state index is -0.390. The van der Waals surface area contributed by atoms with Gasteiger partial charge in [-0.25, -0.2) is 0 Å². The standard InChI is InChI=1S/C14H17N3O2S/c1-8-3-5-19-12(8)13(18)17-14-10(6-15)9-2-4-16-7-11(9)20-14/h8,12,16H,2-5,7H2,1H3,(H,17,18). The number of thiophene rings is 1. The molecule has 3 heterocycles. The second-order valence-electron chi connectivity index (χ2n) is 5.29. The Morgan fingerprint density at radius 3 is 3.15 bits per heavy atom. The summed E-state index contributed by atoms with van der Waals surface area (Å²) in [5.41, 5.74) is 1.72. The normalized spacial score (nSPS) is 25.0. The molecule has 0 bridgehead atoms. The number of nitrogens with zero attached hydrogens (tertiary/aromatic N) is 1. The van der Waals surface area contributed by atoms with E-state index in [2.05, 4.69) is 16.7 Å². The monoisotopic (exact) mass is 291 g/mol. The zero-order valence-electron chi connectivity index (χ0n) is 11.4. The number of anilines is 1. The number of nitrogens with one attached hydrogen (secondary N) is 2. The molecular formula is C14H17N3O2S. The highest BCUT2D eigenvalue weighted by Crippen LogP contribution is 2.35. The van der Waals surface area contributed by atoms with Gasteiger partial charge in [-0.1, -0.05) is 6.92 Å². The van der Waals surface area contributed by atoms with Crippen LogP contribution in [0.4, 0.5) is 5.00 Å². The molecule has 2 aliphatic heterocycles. The molecule has 0 aromatic carbocycles. The van der Waals surface area contributed by atoms with Crippen LogP contribution < -0.4 is 10.6 Å². The van der Waals surface area contributed by atoms with E-state index in [9.17, 15) is 10.1 Å². The van der Waals surface area contributed by atoms with Gasteiger partial charge in [0.15, 0.2) is 0 Å². The molecule has 1 aromatic rings. The second-order valence-corrected chi connectivity index (χ2v) is 6.40. The van der Waals surface area contributed by atoms with Crippen molar-refractivity contribution in [2.45, 2.75) is 32.4 Å². The van der Waals surface area contributed by atoms with Crippen LogP contribution in [0.5, 0.6) is 0 Å². The Labute approximate surface area is 121 Å². The molecule has 106 valence electrons. The first-order valence-corrected chi connectivity index (χ1v) is 7.70. The van der Waals surface area contributed by atoms with Gasteiger partial charge in [0.2, 0.25) is 0 Å². The van der Waals surface area contributed by atoms with E-state index in [-0.39, 0.29) is 11.8 Å². The van der Waals surface area contributed by atoms with Gasteiger partial charge in [-0.15, -0.1) is 11.3 Å². The van der Waals surface area contributed by atoms with Crippen molar-refractivity contribution < 1.29 is 9.53 Å². The number of carbonyl (C=O) groups is 1. The fourth-order valence-electron chi connectivity index (χ4n) is 2.75. The molecule has 0 radical (unpaired) electrons. The van der Waals surface area contributed by atoms with Crippen molar-refractivity contribution in [2.24, 2.45) is 5.92 Å². The Balaban J connectivity index is 1.82. The molecule has 2 aliphatic rings. The molecule has 0 saturated carbocycles. The first kappa shape index (κ1) is 13.6. The molecule has 6 heteroatoms. The van der Waals surface area contributed by atoms with Crippen molar-refractivity contribution in [1.29, 1.82) is 5.26 Å². The molecule has 2 N–H and O–H groups in total. The largest absolute Gasteiger partial charge is 0.368 e. The Bertz CT molecular complexity index is 576. The van der Waals surface area contributed by atoms with Crippen molar-refractivity contribution in [3.05, 3.63) is 16.0 Å². The van der Waals surface area contributed by atoms with E-state index in [1.807, 2.05) is 6.92 Å². The summed E-state index contributed by atoms with van der Waals surface area (Å²) in [7, 11) is 0. The van der Waals surface area contributed by atoms with Gasteiger partial charge in [0.1, 0.15) is 17.2 Å². The number of carbonyl (C=O) groups excluding carboxylic acids is 1. The number of hydrogen-bond donors (Lipinski definition) is 2. The van der Waals surface area contributed by atoms with Crippen LogP contribution in [-0.4, -0.2) is 25.2 Å². The number of amides is 1. The molecule has 1 aromatic heterocycles. The van der Waals surface area contributed by atoms with E-state index in [0.29, 0.717) is 17.2 Å². The highest BCUT2D eigenvalue weighted by molar-refractivity contribution is 7.16. The van der Waals surface area contributed by atoms with Crippen LogP contribution in [-0.2, 0) is 22.5 Å². The van der Waals surface area contributed by atoms with Crippen LogP contribution in [0.1, 0.15) is 29.3 Å². The van der Waals surface area contributed by atoms with E-state index in [0.717, 1.165) is 36.4 Å². The lowest BCUT2D eigenvalue weighted by molar-refractivity contribution is -0.126. The lowest BCUT2D eigenvalue weighted by Crippen LogP contribution is -2.31. The van der Waals surface area contributed by atoms with Crippen molar-refractivity contribution in [2.75, 3.05) is 18.5 Å². The SMILES string of the molecule is CC1CCOC1C(=O)Nc1sc2c(c1C#N)CCNC2. The van der Waals surface area contributed by atoms with Gasteiger partial charge in [-0.3, -0.25) is 4.79 Å². The topological polar surface area (TPSA) is 74.1 Å². The minimum Gasteiger partial charge on any atom is -0.368 e. The third kappa shape index (κ3) is 2.33. The van der Waals surface area contributed by atoms with E-state index >= 15 is 0 Å². The van der Waals surface area contributed by atoms with Crippen LogP contribution in [0.3, 0.4) is 0 Å². The van der Waals surface area contributed by atoms with E-state index in [4.69, 9.17) is 4.74 Å². The number of ether oxygens (including phenoxy) is 1. The Hall–Kier alpha value is -1.42. The van der Waals surface area contributed by atoms with Gasteiger partial charge in [0.05, 0.1) is 5.56 Å². The molecule has 2 atom stereocenters. The maximum absolute atomic E-state index is 12.3. The predicted octanol–water partition coefficient (Wildman–Crippen LogP) is 1.63. The van der Waals surface area contributed by atoms with Crippen molar-refractivity contribution in [3.8, 4) is 6.07 Å². The molecule has 1 saturated heterocycles. The molecule has 5 nitrogen and oxygen atoms in total. The Morgan fingerprint density at radius 1 is 1.60 bits per heavy atom. The molecule has 3 rings (SSSR count). The maximum Gasteiger partial charge on any atom is 0.254 e. The van der Waals surface area contributed by atoms with Gasteiger partial charge < -0.3 is 15.4 Å². The zero-order chi connectivity index (χ0) is 14.1. The highest BCUT2D eigenvalue weighted by Gasteiger charge is 2.32. The molecule has 1 amide bonds. The Morgan fingerprint density at radius 2 is 2.45 bits per heavy atom. The van der Waals surface area contributed by atoms with Gasteiger partial charge in [-0.05, 0) is 30.9 Å². The first-order valence-electron chi connectivity index (χ1n) is 6.88. The molecule has 1 fully saturated rings. The summed E-state index contributed by atoms with van der Waals surface area (Å²) >= 11 is 1.50.